The molecule has 0 aromatic heterocycles. The van der Waals surface area contributed by atoms with Crippen LogP contribution in [0.3, 0.4) is 0 Å². The molecule has 13 heavy (non-hydrogen) atoms. The van der Waals surface area contributed by atoms with Crippen molar-refractivity contribution in [2.45, 2.75) is 18.6 Å². The normalized spacial score (nSPS) is 31.2. The zero-order valence-corrected chi connectivity index (χ0v) is 9.68. The second kappa shape index (κ2) is 4.91. The maximum atomic E-state index is 5.23. The summed E-state index contributed by atoms with van der Waals surface area (Å²) in [5.41, 5.74) is 0. The lowest BCUT2D eigenvalue weighted by Gasteiger charge is -2.24. The molecule has 0 saturated heterocycles. The minimum absolute atomic E-state index is 0.338. The van der Waals surface area contributed by atoms with Crippen molar-refractivity contribution in [3.63, 3.8) is 0 Å². The summed E-state index contributed by atoms with van der Waals surface area (Å²) in [6, 6.07) is 0. The molecule has 0 aromatic rings. The average Bonchev–Trinajstić information content (AvgIpc) is 2.08. The van der Waals surface area contributed by atoms with Crippen molar-refractivity contribution < 1.29 is 0 Å². The van der Waals surface area contributed by atoms with Crippen LogP contribution < -0.4 is 0 Å². The lowest BCUT2D eigenvalue weighted by atomic mass is 9.85. The molecule has 1 aliphatic carbocycles. The third kappa shape index (κ3) is 2.92. The first-order valence-electron chi connectivity index (χ1n) is 4.47. The predicted octanol–water partition coefficient (Wildman–Crippen LogP) is 2.57. The zero-order valence-electron chi connectivity index (χ0n) is 7.97. The minimum Gasteiger partial charge on any atom is -0.300 e. The van der Waals surface area contributed by atoms with E-state index in [0.717, 1.165) is 11.3 Å². The summed E-state index contributed by atoms with van der Waals surface area (Å²) < 4.78 is 0. The minimum atomic E-state index is 0.338. The summed E-state index contributed by atoms with van der Waals surface area (Å²) in [4.78, 5) is 5.03. The van der Waals surface area contributed by atoms with E-state index in [1.807, 2.05) is 12.3 Å². The van der Waals surface area contributed by atoms with Gasteiger partial charge in [-0.15, -0.1) is 0 Å². The van der Waals surface area contributed by atoms with E-state index in [9.17, 15) is 0 Å². The lowest BCUT2D eigenvalue weighted by Crippen LogP contribution is -2.24. The molecule has 0 saturated carbocycles. The molecule has 0 heterocycles. The molecule has 1 nitrogen and oxygen atoms in total. The Balaban J connectivity index is 2.70. The maximum Gasteiger partial charge on any atom is 0.0297 e. The maximum absolute atomic E-state index is 5.23. The third-order valence-corrected chi connectivity index (χ3v) is 3.17. The molecule has 72 valence electrons. The molecule has 0 fully saturated rings. The molecule has 1 rings (SSSR count). The Morgan fingerprint density at radius 1 is 1.77 bits per heavy atom. The van der Waals surface area contributed by atoms with Crippen LogP contribution in [-0.4, -0.2) is 23.4 Å². The molecule has 0 radical (unpaired) electrons. The zero-order chi connectivity index (χ0) is 9.84. The van der Waals surface area contributed by atoms with E-state index in [2.05, 4.69) is 30.6 Å². The Bertz CT molecular complexity index is 243. The Morgan fingerprint density at radius 3 is 3.00 bits per heavy atom. The molecule has 3 unspecified atom stereocenters. The van der Waals surface area contributed by atoms with Crippen LogP contribution in [0.1, 0.15) is 13.3 Å². The number of nitrogens with zero attached hydrogens (tertiary/aromatic N) is 1. The van der Waals surface area contributed by atoms with Gasteiger partial charge in [0.2, 0.25) is 0 Å². The molecule has 3 heteroatoms. The van der Waals surface area contributed by atoms with Crippen LogP contribution in [0.2, 0.25) is 0 Å². The van der Waals surface area contributed by atoms with Crippen molar-refractivity contribution in [1.29, 1.82) is 0 Å². The van der Waals surface area contributed by atoms with Gasteiger partial charge in [0.15, 0.2) is 0 Å². The van der Waals surface area contributed by atoms with E-state index < -0.39 is 0 Å². The number of thiol groups is 1. The fourth-order valence-corrected chi connectivity index (χ4v) is 1.96. The van der Waals surface area contributed by atoms with Gasteiger partial charge in [0.05, 0.1) is 0 Å². The highest BCUT2D eigenvalue weighted by atomic mass is 32.1. The van der Waals surface area contributed by atoms with Crippen LogP contribution in [0.5, 0.6) is 0 Å². The quantitative estimate of drug-likeness (QED) is 0.422. The van der Waals surface area contributed by atoms with E-state index in [1.165, 1.54) is 0 Å². The Hall–Kier alpha value is -0.150. The first-order chi connectivity index (χ1) is 6.15. The van der Waals surface area contributed by atoms with E-state index in [0.29, 0.717) is 17.1 Å². The fraction of sp³-hybridized carbons (Fsp3) is 0.600. The second-order valence-corrected chi connectivity index (χ2v) is 4.70. The van der Waals surface area contributed by atoms with E-state index in [-0.39, 0.29) is 0 Å². The Morgan fingerprint density at radius 2 is 2.46 bits per heavy atom. The SMILES string of the molecule is CN=CC1CC(C(C)S)C=CC1=S. The highest BCUT2D eigenvalue weighted by molar-refractivity contribution is 7.81. The summed E-state index contributed by atoms with van der Waals surface area (Å²) in [5, 5.41) is 0.395. The van der Waals surface area contributed by atoms with Gasteiger partial charge < -0.3 is 4.99 Å². The third-order valence-electron chi connectivity index (χ3n) is 2.35. The Kier molecular flexibility index (Phi) is 4.13. The van der Waals surface area contributed by atoms with E-state index >= 15 is 0 Å². The molecule has 3 atom stereocenters. The highest BCUT2D eigenvalue weighted by Crippen LogP contribution is 2.25. The fourth-order valence-electron chi connectivity index (χ4n) is 1.50. The highest BCUT2D eigenvalue weighted by Gasteiger charge is 2.22. The van der Waals surface area contributed by atoms with Crippen molar-refractivity contribution in [2.75, 3.05) is 7.05 Å². The monoisotopic (exact) mass is 213 g/mol. The number of hydrogen-bond acceptors (Lipinski definition) is 3. The van der Waals surface area contributed by atoms with Gasteiger partial charge in [-0.1, -0.05) is 31.3 Å². The molecule has 0 aliphatic heterocycles. The molecule has 0 amide bonds. The van der Waals surface area contributed by atoms with E-state index in [4.69, 9.17) is 12.2 Å². The van der Waals surface area contributed by atoms with Gasteiger partial charge in [-0.3, -0.25) is 0 Å². The largest absolute Gasteiger partial charge is 0.300 e. The van der Waals surface area contributed by atoms with Crippen molar-refractivity contribution in [3.8, 4) is 0 Å². The molecular weight excluding hydrogens is 198 g/mol. The first-order valence-corrected chi connectivity index (χ1v) is 5.40. The smallest absolute Gasteiger partial charge is 0.0297 e. The van der Waals surface area contributed by atoms with Crippen molar-refractivity contribution in [1.82, 2.24) is 0 Å². The van der Waals surface area contributed by atoms with Gasteiger partial charge >= 0.3 is 0 Å². The molecular formula is C10H15NS2. The molecule has 1 aliphatic rings. The van der Waals surface area contributed by atoms with Gasteiger partial charge in [0.25, 0.3) is 0 Å². The van der Waals surface area contributed by atoms with E-state index in [1.54, 1.807) is 7.05 Å². The van der Waals surface area contributed by atoms with Gasteiger partial charge in [-0.2, -0.15) is 12.6 Å². The number of allylic oxidation sites excluding steroid dienone is 2. The molecule has 0 spiro atoms. The number of aliphatic imine (C=N–C) groups is 1. The van der Waals surface area contributed by atoms with Crippen LogP contribution in [0.25, 0.3) is 0 Å². The van der Waals surface area contributed by atoms with Gasteiger partial charge in [-0.25, -0.2) is 0 Å². The van der Waals surface area contributed by atoms with Crippen molar-refractivity contribution in [3.05, 3.63) is 12.2 Å². The van der Waals surface area contributed by atoms with Gasteiger partial charge in [-0.05, 0) is 12.3 Å². The first kappa shape index (κ1) is 10.9. The van der Waals surface area contributed by atoms with Gasteiger partial charge in [0, 0.05) is 29.3 Å². The molecule has 0 N–H and O–H groups in total. The van der Waals surface area contributed by atoms with Crippen LogP contribution in [-0.2, 0) is 0 Å². The van der Waals surface area contributed by atoms with Crippen molar-refractivity contribution in [2.24, 2.45) is 16.8 Å². The summed E-state index contributed by atoms with van der Waals surface area (Å²) >= 11 is 9.67. The summed E-state index contributed by atoms with van der Waals surface area (Å²) in [6.45, 7) is 2.12. The lowest BCUT2D eigenvalue weighted by molar-refractivity contribution is 0.563. The van der Waals surface area contributed by atoms with Crippen LogP contribution >= 0.6 is 24.8 Å². The standard InChI is InChI=1S/C10H15NS2/c1-7(12)8-3-4-10(13)9(5-8)6-11-2/h3-4,6-9,12H,5H2,1-2H3. The number of thiocarbonyl (C=S) groups is 1. The summed E-state index contributed by atoms with van der Waals surface area (Å²) in [7, 11) is 1.79. The molecule has 0 aromatic carbocycles. The average molecular weight is 213 g/mol. The number of hydrogen-bond donors (Lipinski definition) is 1. The van der Waals surface area contributed by atoms with Gasteiger partial charge in [0.1, 0.15) is 0 Å². The molecule has 0 bridgehead atoms. The predicted molar refractivity (Wildman–Crippen MR) is 66.2 cm³/mol. The van der Waals surface area contributed by atoms with Crippen molar-refractivity contribution >= 4 is 35.9 Å². The topological polar surface area (TPSA) is 12.4 Å². The summed E-state index contributed by atoms with van der Waals surface area (Å²) in [5.74, 6) is 0.864. The second-order valence-electron chi connectivity index (χ2n) is 3.42. The Labute approximate surface area is 90.7 Å². The van der Waals surface area contributed by atoms with Crippen LogP contribution in [0.4, 0.5) is 0 Å². The number of rotatable bonds is 2. The van der Waals surface area contributed by atoms with Crippen LogP contribution in [0, 0.1) is 11.8 Å². The van der Waals surface area contributed by atoms with Crippen LogP contribution in [0.15, 0.2) is 17.1 Å². The summed E-state index contributed by atoms with van der Waals surface area (Å²) in [6.07, 6.45) is 7.19.